The van der Waals surface area contributed by atoms with Crippen LogP contribution < -0.4 is 25.8 Å². The average Bonchev–Trinajstić information content (AvgIpc) is 3.14. The fraction of sp³-hybridized carbons (Fsp3) is 0.269. The molecule has 0 saturated carbocycles. The van der Waals surface area contributed by atoms with E-state index in [1.54, 1.807) is 35.4 Å². The number of aliphatic imine (C=N–C) groups is 1. The number of benzene rings is 1. The van der Waals surface area contributed by atoms with Crippen molar-refractivity contribution in [3.63, 3.8) is 0 Å². The molecule has 38 heavy (non-hydrogen) atoms. The standard InChI is InChI=1S/C26H27Cl2N7O3/c1-13(2)21(32-17-12-31-26(34(3)4)33-24(17)38-5)19-20(29)25(37)35(18-10-16(28)11-30-23(18)36)22(19)14-6-8-15(27)9-7-14/h6-13,22H,29H2,1-5H3,(H,30,36)/t22-/m0/s1. The topological polar surface area (TPSA) is 130 Å². The number of aromatic amines is 1. The number of carbonyl (C=O) groups is 1. The fourth-order valence-corrected chi connectivity index (χ4v) is 4.46. The number of nitrogens with one attached hydrogen (secondary N) is 1. The summed E-state index contributed by atoms with van der Waals surface area (Å²) in [7, 11) is 5.12. The van der Waals surface area contributed by atoms with Crippen LogP contribution >= 0.6 is 23.2 Å². The van der Waals surface area contributed by atoms with Gasteiger partial charge in [0, 0.05) is 30.9 Å². The number of pyridine rings is 1. The predicted molar refractivity (Wildman–Crippen MR) is 150 cm³/mol. The molecular formula is C26H27Cl2N7O3. The predicted octanol–water partition coefficient (Wildman–Crippen LogP) is 4.28. The zero-order valence-electron chi connectivity index (χ0n) is 21.5. The highest BCUT2D eigenvalue weighted by molar-refractivity contribution is 6.31. The van der Waals surface area contributed by atoms with Gasteiger partial charge in [-0.2, -0.15) is 4.98 Å². The van der Waals surface area contributed by atoms with E-state index in [0.717, 1.165) is 0 Å². The van der Waals surface area contributed by atoms with Gasteiger partial charge < -0.3 is 20.4 Å². The number of nitrogens with two attached hydrogens (primary N) is 1. The van der Waals surface area contributed by atoms with E-state index in [4.69, 9.17) is 38.7 Å². The maximum atomic E-state index is 13.7. The summed E-state index contributed by atoms with van der Waals surface area (Å²) in [6.45, 7) is 3.86. The average molecular weight is 556 g/mol. The van der Waals surface area contributed by atoms with Gasteiger partial charge >= 0.3 is 0 Å². The highest BCUT2D eigenvalue weighted by Crippen LogP contribution is 2.42. The molecule has 12 heteroatoms. The molecule has 3 N–H and O–H groups in total. The van der Waals surface area contributed by atoms with Crippen LogP contribution in [0.3, 0.4) is 0 Å². The van der Waals surface area contributed by atoms with Crippen molar-refractivity contribution in [1.29, 1.82) is 0 Å². The molecule has 2 aromatic heterocycles. The van der Waals surface area contributed by atoms with Gasteiger partial charge in [0.15, 0.2) is 0 Å². The number of carbonyl (C=O) groups excluding carboxylic acids is 1. The monoisotopic (exact) mass is 555 g/mol. The van der Waals surface area contributed by atoms with E-state index in [-0.39, 0.29) is 28.2 Å². The van der Waals surface area contributed by atoms with Crippen LogP contribution in [0.2, 0.25) is 10.0 Å². The van der Waals surface area contributed by atoms with Gasteiger partial charge in [0.25, 0.3) is 11.5 Å². The van der Waals surface area contributed by atoms with Crippen molar-refractivity contribution in [3.05, 3.63) is 80.0 Å². The smallest absolute Gasteiger partial charge is 0.275 e. The third kappa shape index (κ3) is 5.09. The highest BCUT2D eigenvalue weighted by atomic mass is 35.5. The van der Waals surface area contributed by atoms with Crippen LogP contribution in [0.25, 0.3) is 0 Å². The Morgan fingerprint density at radius 3 is 2.47 bits per heavy atom. The third-order valence-corrected chi connectivity index (χ3v) is 6.41. The summed E-state index contributed by atoms with van der Waals surface area (Å²) in [4.78, 5) is 45.8. The molecule has 0 fully saturated rings. The number of hydrogen-bond donors (Lipinski definition) is 2. The van der Waals surface area contributed by atoms with E-state index >= 15 is 0 Å². The molecule has 0 aliphatic carbocycles. The van der Waals surface area contributed by atoms with Gasteiger partial charge in [-0.1, -0.05) is 49.2 Å². The Morgan fingerprint density at radius 2 is 1.87 bits per heavy atom. The Hall–Kier alpha value is -3.89. The Kier molecular flexibility index (Phi) is 7.75. The lowest BCUT2D eigenvalue weighted by atomic mass is 9.90. The van der Waals surface area contributed by atoms with Gasteiger partial charge in [-0.05, 0) is 29.7 Å². The van der Waals surface area contributed by atoms with Crippen molar-refractivity contribution < 1.29 is 9.53 Å². The minimum atomic E-state index is -0.784. The van der Waals surface area contributed by atoms with Crippen LogP contribution in [0.1, 0.15) is 25.5 Å². The number of rotatable bonds is 7. The van der Waals surface area contributed by atoms with Gasteiger partial charge in [-0.15, -0.1) is 0 Å². The van der Waals surface area contributed by atoms with E-state index in [0.29, 0.717) is 33.5 Å². The first kappa shape index (κ1) is 27.2. The van der Waals surface area contributed by atoms with E-state index in [1.807, 2.05) is 27.9 Å². The van der Waals surface area contributed by atoms with Crippen LogP contribution in [-0.4, -0.2) is 47.8 Å². The van der Waals surface area contributed by atoms with Crippen molar-refractivity contribution in [2.24, 2.45) is 16.6 Å². The van der Waals surface area contributed by atoms with Crippen LogP contribution in [0.5, 0.6) is 5.88 Å². The zero-order chi connectivity index (χ0) is 27.7. The first-order valence-corrected chi connectivity index (χ1v) is 12.4. The molecule has 4 rings (SSSR count). The third-order valence-electron chi connectivity index (χ3n) is 5.94. The lowest BCUT2D eigenvalue weighted by Crippen LogP contribution is -2.35. The number of hydrogen-bond acceptors (Lipinski definition) is 8. The molecule has 1 aliphatic heterocycles. The molecule has 0 bridgehead atoms. The summed E-state index contributed by atoms with van der Waals surface area (Å²) in [5.74, 6) is -0.0298. The number of H-pyrrole nitrogens is 1. The van der Waals surface area contributed by atoms with Crippen molar-refractivity contribution in [2.45, 2.75) is 19.9 Å². The number of methoxy groups -OCH3 is 1. The lowest BCUT2D eigenvalue weighted by Gasteiger charge is -2.28. The molecule has 0 radical (unpaired) electrons. The second-order valence-corrected chi connectivity index (χ2v) is 9.97. The van der Waals surface area contributed by atoms with Crippen molar-refractivity contribution in [2.75, 3.05) is 31.0 Å². The molecule has 1 amide bonds. The van der Waals surface area contributed by atoms with Crippen LogP contribution in [0.4, 0.5) is 17.3 Å². The number of amides is 1. The van der Waals surface area contributed by atoms with Gasteiger partial charge in [0.05, 0.1) is 30.1 Å². The fourth-order valence-electron chi connectivity index (χ4n) is 4.17. The Balaban J connectivity index is 1.96. The summed E-state index contributed by atoms with van der Waals surface area (Å²) in [6.07, 6.45) is 2.90. The second-order valence-electron chi connectivity index (χ2n) is 9.10. The maximum absolute atomic E-state index is 13.7. The highest BCUT2D eigenvalue weighted by Gasteiger charge is 2.43. The number of halogens is 2. The SMILES string of the molecule is COc1nc(N(C)C)ncc1N=C(C1=C(N)C(=O)N(c2cc(Cl)c[nH]c2=O)[C@H]1c1ccc(Cl)cc1)C(C)C. The molecular weight excluding hydrogens is 529 g/mol. The summed E-state index contributed by atoms with van der Waals surface area (Å²) in [6, 6.07) is 7.61. The minimum absolute atomic E-state index is 0.0402. The Labute approximate surface area is 229 Å². The van der Waals surface area contributed by atoms with Crippen molar-refractivity contribution >= 4 is 52.1 Å². The molecule has 1 aromatic carbocycles. The zero-order valence-corrected chi connectivity index (χ0v) is 23.0. The van der Waals surface area contributed by atoms with Gasteiger partial charge in [0.2, 0.25) is 11.8 Å². The Morgan fingerprint density at radius 1 is 1.18 bits per heavy atom. The van der Waals surface area contributed by atoms with Crippen LogP contribution in [-0.2, 0) is 4.79 Å². The molecule has 0 unspecified atom stereocenters. The van der Waals surface area contributed by atoms with Crippen molar-refractivity contribution in [3.8, 4) is 5.88 Å². The molecule has 3 aromatic rings. The number of anilines is 2. The van der Waals surface area contributed by atoms with Gasteiger partial charge in [0.1, 0.15) is 17.1 Å². The van der Waals surface area contributed by atoms with Gasteiger partial charge in [-0.25, -0.2) is 9.98 Å². The van der Waals surface area contributed by atoms with Crippen molar-refractivity contribution in [1.82, 2.24) is 15.0 Å². The molecule has 1 aliphatic rings. The number of aromatic nitrogens is 3. The first-order chi connectivity index (χ1) is 18.0. The first-order valence-electron chi connectivity index (χ1n) is 11.7. The maximum Gasteiger partial charge on any atom is 0.275 e. The van der Waals surface area contributed by atoms with E-state index in [9.17, 15) is 9.59 Å². The Bertz CT molecular complexity index is 1500. The number of nitrogens with zero attached hydrogens (tertiary/aromatic N) is 5. The van der Waals surface area contributed by atoms with Gasteiger partial charge in [-0.3, -0.25) is 14.5 Å². The summed E-state index contributed by atoms with van der Waals surface area (Å²) < 4.78 is 5.49. The normalized spacial score (nSPS) is 16.0. The largest absolute Gasteiger partial charge is 0.479 e. The van der Waals surface area contributed by atoms with Crippen LogP contribution in [0.15, 0.2) is 63.8 Å². The van der Waals surface area contributed by atoms with E-state index in [2.05, 4.69) is 15.0 Å². The molecule has 10 nitrogen and oxygen atoms in total. The quantitative estimate of drug-likeness (QED) is 0.416. The number of ether oxygens (including phenoxy) is 1. The molecule has 3 heterocycles. The van der Waals surface area contributed by atoms with E-state index < -0.39 is 17.5 Å². The molecule has 1 atom stereocenters. The molecule has 198 valence electrons. The van der Waals surface area contributed by atoms with E-state index in [1.165, 1.54) is 24.3 Å². The second kappa shape index (κ2) is 10.8. The van der Waals surface area contributed by atoms with Crippen LogP contribution in [0, 0.1) is 5.92 Å². The summed E-state index contributed by atoms with van der Waals surface area (Å²) >= 11 is 12.3. The summed E-state index contributed by atoms with van der Waals surface area (Å²) in [5, 5.41) is 0.777. The summed E-state index contributed by atoms with van der Waals surface area (Å²) in [5.41, 5.74) is 8.01. The molecule has 0 spiro atoms. The minimum Gasteiger partial charge on any atom is -0.479 e. The lowest BCUT2D eigenvalue weighted by molar-refractivity contribution is -0.114. The molecule has 0 saturated heterocycles.